The van der Waals surface area contributed by atoms with E-state index < -0.39 is 0 Å². The van der Waals surface area contributed by atoms with Crippen LogP contribution in [0.4, 0.5) is 5.13 Å². The molecule has 0 fully saturated rings. The quantitative estimate of drug-likeness (QED) is 0.558. The van der Waals surface area contributed by atoms with E-state index >= 15 is 0 Å². The van der Waals surface area contributed by atoms with Gasteiger partial charge in [0, 0.05) is 10.9 Å². The summed E-state index contributed by atoms with van der Waals surface area (Å²) in [6.45, 7) is 1.94. The molecule has 1 aromatic heterocycles. The molecule has 0 aliphatic heterocycles. The highest BCUT2D eigenvalue weighted by atomic mass is 79.9. The molecule has 0 unspecified atom stereocenters. The number of methoxy groups -OCH3 is 2. The minimum Gasteiger partial charge on any atom is -0.495 e. The van der Waals surface area contributed by atoms with Crippen LogP contribution in [-0.4, -0.2) is 25.4 Å². The fourth-order valence-electron chi connectivity index (χ4n) is 1.66. The van der Waals surface area contributed by atoms with E-state index in [4.69, 9.17) is 9.47 Å². The van der Waals surface area contributed by atoms with Crippen molar-refractivity contribution >= 4 is 54.5 Å². The Labute approximate surface area is 143 Å². The van der Waals surface area contributed by atoms with Crippen LogP contribution >= 0.6 is 43.2 Å². The lowest BCUT2D eigenvalue weighted by Crippen LogP contribution is -1.98. The summed E-state index contributed by atoms with van der Waals surface area (Å²) >= 11 is 8.43. The third-order valence-electron chi connectivity index (χ3n) is 2.55. The van der Waals surface area contributed by atoms with Gasteiger partial charge in [0.05, 0.1) is 30.6 Å². The number of hydrogen-bond donors (Lipinski definition) is 1. The van der Waals surface area contributed by atoms with Gasteiger partial charge in [0.2, 0.25) is 5.13 Å². The number of rotatable bonds is 5. The lowest BCUT2D eigenvalue weighted by Gasteiger charge is -2.12. The second-order valence-electron chi connectivity index (χ2n) is 3.99. The Morgan fingerprint density at radius 2 is 2.00 bits per heavy atom. The lowest BCUT2D eigenvalue weighted by atomic mass is 10.2. The molecule has 112 valence electrons. The van der Waals surface area contributed by atoms with Crippen molar-refractivity contribution < 1.29 is 9.47 Å². The van der Waals surface area contributed by atoms with Gasteiger partial charge in [0.25, 0.3) is 0 Å². The Balaban J connectivity index is 2.27. The monoisotopic (exact) mass is 433 g/mol. The zero-order valence-electron chi connectivity index (χ0n) is 11.6. The average molecular weight is 435 g/mol. The van der Waals surface area contributed by atoms with Gasteiger partial charge in [-0.2, -0.15) is 5.10 Å². The fraction of sp³-hybridized carbons (Fsp3) is 0.231. The summed E-state index contributed by atoms with van der Waals surface area (Å²) < 4.78 is 12.2. The molecule has 0 aliphatic rings. The molecular formula is C13H13Br2N3O2S. The van der Waals surface area contributed by atoms with E-state index in [1.54, 1.807) is 20.4 Å². The third-order valence-corrected chi connectivity index (χ3v) is 4.73. The smallest absolute Gasteiger partial charge is 0.203 e. The number of aryl methyl sites for hydroxylation is 1. The number of benzene rings is 1. The van der Waals surface area contributed by atoms with E-state index in [0.29, 0.717) is 11.5 Å². The number of aromatic nitrogens is 1. The molecule has 1 N–H and O–H groups in total. The summed E-state index contributed by atoms with van der Waals surface area (Å²) in [5, 5.41) is 6.88. The summed E-state index contributed by atoms with van der Waals surface area (Å²) in [4.78, 5) is 4.27. The van der Waals surface area contributed by atoms with Crippen LogP contribution in [0.3, 0.4) is 0 Å². The number of hydrazone groups is 1. The molecule has 1 aromatic carbocycles. The number of nitrogens with one attached hydrogen (secondary N) is 1. The Morgan fingerprint density at radius 1 is 1.29 bits per heavy atom. The third kappa shape index (κ3) is 3.75. The van der Waals surface area contributed by atoms with E-state index in [1.807, 2.05) is 18.4 Å². The van der Waals surface area contributed by atoms with Crippen LogP contribution < -0.4 is 14.9 Å². The largest absolute Gasteiger partial charge is 0.495 e. The molecule has 0 aliphatic carbocycles. The molecule has 0 bridgehead atoms. The van der Waals surface area contributed by atoms with Crippen molar-refractivity contribution in [2.75, 3.05) is 19.6 Å². The fourth-order valence-corrected chi connectivity index (χ4v) is 3.93. The van der Waals surface area contributed by atoms with Crippen molar-refractivity contribution in [3.05, 3.63) is 31.6 Å². The molecule has 0 atom stereocenters. The van der Waals surface area contributed by atoms with E-state index in [-0.39, 0.29) is 0 Å². The minimum absolute atomic E-state index is 0.649. The van der Waals surface area contributed by atoms with Crippen molar-refractivity contribution in [2.24, 2.45) is 5.10 Å². The van der Waals surface area contributed by atoms with Crippen molar-refractivity contribution in [3.8, 4) is 11.5 Å². The highest BCUT2D eigenvalue weighted by Gasteiger charge is 2.15. The Bertz CT molecular complexity index is 674. The summed E-state index contributed by atoms with van der Waals surface area (Å²) in [6, 6.07) is 1.88. The van der Waals surface area contributed by atoms with Gasteiger partial charge in [-0.3, -0.25) is 5.43 Å². The van der Waals surface area contributed by atoms with Crippen LogP contribution in [0.25, 0.3) is 0 Å². The maximum absolute atomic E-state index is 5.40. The first-order chi connectivity index (χ1) is 10.1. The average Bonchev–Trinajstić information content (AvgIpc) is 2.85. The summed E-state index contributed by atoms with van der Waals surface area (Å²) in [6.07, 6.45) is 1.67. The maximum atomic E-state index is 5.40. The van der Waals surface area contributed by atoms with Gasteiger partial charge in [-0.1, -0.05) is 0 Å². The molecular weight excluding hydrogens is 422 g/mol. The number of thiazole rings is 1. The lowest BCUT2D eigenvalue weighted by molar-refractivity contribution is 0.387. The molecule has 0 saturated heterocycles. The van der Waals surface area contributed by atoms with Crippen LogP contribution in [0, 0.1) is 6.92 Å². The zero-order valence-corrected chi connectivity index (χ0v) is 15.6. The molecule has 8 heteroatoms. The SMILES string of the molecule is COc1c(Br)cc(/C=N\Nc2nc(C)cs2)c(OC)c1Br. The first-order valence-corrected chi connectivity index (χ1v) is 8.34. The van der Waals surface area contributed by atoms with Gasteiger partial charge < -0.3 is 9.47 Å². The van der Waals surface area contributed by atoms with Gasteiger partial charge in [-0.15, -0.1) is 11.3 Å². The number of halogens is 2. The second kappa shape index (κ2) is 7.24. The van der Waals surface area contributed by atoms with Gasteiger partial charge >= 0.3 is 0 Å². The standard InChI is InChI=1S/C13H13Br2N3O2S/c1-7-6-21-13(17-7)18-16-5-8-4-9(14)12(20-3)10(15)11(8)19-2/h4-6H,1-3H3,(H,17,18)/b16-5-. The summed E-state index contributed by atoms with van der Waals surface area (Å²) in [5.74, 6) is 1.32. The molecule has 0 spiro atoms. The van der Waals surface area contributed by atoms with Gasteiger partial charge in [0.1, 0.15) is 10.2 Å². The second-order valence-corrected chi connectivity index (χ2v) is 6.50. The summed E-state index contributed by atoms with van der Waals surface area (Å²) in [5.41, 5.74) is 4.66. The molecule has 2 rings (SSSR count). The highest BCUT2D eigenvalue weighted by molar-refractivity contribution is 9.11. The first kappa shape index (κ1) is 16.3. The van der Waals surface area contributed by atoms with E-state index in [0.717, 1.165) is 25.3 Å². The molecule has 0 saturated carbocycles. The van der Waals surface area contributed by atoms with Crippen LogP contribution in [0.5, 0.6) is 11.5 Å². The topological polar surface area (TPSA) is 55.7 Å². The van der Waals surface area contributed by atoms with Crippen LogP contribution in [0.2, 0.25) is 0 Å². The molecule has 1 heterocycles. The normalized spacial score (nSPS) is 10.9. The molecule has 2 aromatic rings. The minimum atomic E-state index is 0.649. The Hall–Kier alpha value is -1.12. The Morgan fingerprint density at radius 3 is 2.57 bits per heavy atom. The number of nitrogens with zero attached hydrogens (tertiary/aromatic N) is 2. The molecule has 0 amide bonds. The van der Waals surface area contributed by atoms with Crippen molar-refractivity contribution in [1.29, 1.82) is 0 Å². The van der Waals surface area contributed by atoms with Crippen LogP contribution in [0.15, 0.2) is 25.5 Å². The predicted molar refractivity (Wildman–Crippen MR) is 93.0 cm³/mol. The van der Waals surface area contributed by atoms with Crippen molar-refractivity contribution in [2.45, 2.75) is 6.92 Å². The van der Waals surface area contributed by atoms with E-state index in [9.17, 15) is 0 Å². The molecule has 21 heavy (non-hydrogen) atoms. The molecule has 5 nitrogen and oxygen atoms in total. The van der Waals surface area contributed by atoms with Gasteiger partial charge in [-0.25, -0.2) is 4.98 Å². The van der Waals surface area contributed by atoms with Gasteiger partial charge in [-0.05, 0) is 44.8 Å². The Kier molecular flexibility index (Phi) is 5.60. The number of anilines is 1. The predicted octanol–water partition coefficient (Wildman–Crippen LogP) is 4.44. The first-order valence-electron chi connectivity index (χ1n) is 5.88. The van der Waals surface area contributed by atoms with Gasteiger partial charge in [0.15, 0.2) is 5.75 Å². The zero-order chi connectivity index (χ0) is 15.4. The van der Waals surface area contributed by atoms with Crippen molar-refractivity contribution in [3.63, 3.8) is 0 Å². The van der Waals surface area contributed by atoms with E-state index in [2.05, 4.69) is 47.4 Å². The molecule has 0 radical (unpaired) electrons. The van der Waals surface area contributed by atoms with Crippen LogP contribution in [-0.2, 0) is 0 Å². The van der Waals surface area contributed by atoms with Crippen molar-refractivity contribution in [1.82, 2.24) is 4.98 Å². The number of hydrogen-bond acceptors (Lipinski definition) is 6. The number of ether oxygens (including phenoxy) is 2. The van der Waals surface area contributed by atoms with E-state index in [1.165, 1.54) is 11.3 Å². The maximum Gasteiger partial charge on any atom is 0.203 e. The highest BCUT2D eigenvalue weighted by Crippen LogP contribution is 2.42. The summed E-state index contributed by atoms with van der Waals surface area (Å²) in [7, 11) is 3.20. The van der Waals surface area contributed by atoms with Crippen LogP contribution in [0.1, 0.15) is 11.3 Å².